The zero-order valence-corrected chi connectivity index (χ0v) is 15.3. The van der Waals surface area contributed by atoms with Gasteiger partial charge in [0.1, 0.15) is 0 Å². The average Bonchev–Trinajstić information content (AvgIpc) is 3.23. The number of benzene rings is 2. The summed E-state index contributed by atoms with van der Waals surface area (Å²) in [7, 11) is 0. The van der Waals surface area contributed by atoms with Gasteiger partial charge in [0, 0.05) is 23.5 Å². The first-order valence-electron chi connectivity index (χ1n) is 8.43. The molecular formula is C20H19BClF3N2. The van der Waals surface area contributed by atoms with E-state index in [1.807, 2.05) is 42.5 Å². The molecule has 3 aromatic rings. The molecule has 0 amide bonds. The predicted molar refractivity (Wildman–Crippen MR) is 106 cm³/mol. The Morgan fingerprint density at radius 1 is 1.00 bits per heavy atom. The van der Waals surface area contributed by atoms with Gasteiger partial charge in [-0.25, -0.2) is 4.98 Å². The Kier molecular flexibility index (Phi) is 8.20. The van der Waals surface area contributed by atoms with Gasteiger partial charge < -0.3 is 4.98 Å². The van der Waals surface area contributed by atoms with Gasteiger partial charge in [-0.05, 0) is 18.6 Å². The molecule has 0 atom stereocenters. The number of aromatic nitrogens is 2. The molecule has 2 nitrogen and oxygen atoms in total. The molecule has 0 radical (unpaired) electrons. The van der Waals surface area contributed by atoms with Crippen LogP contribution in [0.15, 0.2) is 85.5 Å². The average molecular weight is 391 g/mol. The van der Waals surface area contributed by atoms with E-state index in [0.717, 1.165) is 10.9 Å². The number of nitrogens with zero attached hydrogens (tertiary/aromatic N) is 1. The number of aromatic amines is 1. The summed E-state index contributed by atoms with van der Waals surface area (Å²) in [6.45, 7) is 0.0522. The number of imidazole rings is 1. The molecule has 0 bridgehead atoms. The second kappa shape index (κ2) is 10.6. The number of H-pyrrole nitrogens is 1. The number of hydrogen-bond donors (Lipinski definition) is 1. The van der Waals surface area contributed by atoms with E-state index in [2.05, 4.69) is 9.97 Å². The van der Waals surface area contributed by atoms with Crippen LogP contribution < -0.4 is 10.9 Å². The second-order valence-electron chi connectivity index (χ2n) is 5.80. The fourth-order valence-corrected chi connectivity index (χ4v) is 2.73. The lowest BCUT2D eigenvalue weighted by Gasteiger charge is -2.14. The van der Waals surface area contributed by atoms with Crippen molar-refractivity contribution in [1.82, 2.24) is 9.97 Å². The van der Waals surface area contributed by atoms with Crippen LogP contribution in [0.1, 0.15) is 6.42 Å². The fraction of sp³-hybridized carbons (Fsp3) is 0.150. The van der Waals surface area contributed by atoms with Crippen LogP contribution in [0.3, 0.4) is 0 Å². The van der Waals surface area contributed by atoms with Gasteiger partial charge in [0.25, 0.3) is 0 Å². The van der Waals surface area contributed by atoms with Gasteiger partial charge in [-0.15, -0.1) is 0 Å². The Hall–Kier alpha value is -2.47. The van der Waals surface area contributed by atoms with Crippen LogP contribution in [0.4, 0.5) is 13.2 Å². The fourth-order valence-electron chi connectivity index (χ4n) is 2.60. The van der Waals surface area contributed by atoms with Crippen LogP contribution in [0.2, 0.25) is 11.3 Å². The first kappa shape index (κ1) is 20.8. The van der Waals surface area contributed by atoms with Gasteiger partial charge in [-0.1, -0.05) is 77.4 Å². The van der Waals surface area contributed by atoms with Crippen LogP contribution >= 0.6 is 11.6 Å². The SMILES string of the molecule is FC(F)(F)C=CCCB(c1ccccc1)c1ccc(Cl)cc1.c1c[nH]cn1. The van der Waals surface area contributed by atoms with E-state index >= 15 is 0 Å². The Labute approximate surface area is 162 Å². The molecule has 1 N–H and O–H groups in total. The van der Waals surface area contributed by atoms with Crippen molar-refractivity contribution in [1.29, 1.82) is 0 Å². The highest BCUT2D eigenvalue weighted by Crippen LogP contribution is 2.17. The zero-order valence-electron chi connectivity index (χ0n) is 14.5. The normalized spacial score (nSPS) is 11.1. The number of halogens is 4. The molecule has 0 fully saturated rings. The number of rotatable bonds is 5. The van der Waals surface area contributed by atoms with Crippen molar-refractivity contribution in [2.24, 2.45) is 0 Å². The van der Waals surface area contributed by atoms with Crippen molar-refractivity contribution < 1.29 is 13.2 Å². The Morgan fingerprint density at radius 2 is 1.67 bits per heavy atom. The minimum absolute atomic E-state index is 0.0522. The van der Waals surface area contributed by atoms with Gasteiger partial charge in [0.15, 0.2) is 0 Å². The monoisotopic (exact) mass is 390 g/mol. The smallest absolute Gasteiger partial charge is 0.351 e. The third-order valence-electron chi connectivity index (χ3n) is 3.81. The van der Waals surface area contributed by atoms with E-state index in [1.165, 1.54) is 6.08 Å². The molecule has 0 aliphatic carbocycles. The third-order valence-corrected chi connectivity index (χ3v) is 4.06. The summed E-state index contributed by atoms with van der Waals surface area (Å²) in [6, 6.07) is 17.2. The first-order chi connectivity index (χ1) is 13.0. The molecule has 0 saturated heterocycles. The van der Waals surface area contributed by atoms with Crippen LogP contribution in [-0.4, -0.2) is 22.9 Å². The molecule has 0 unspecified atom stereocenters. The van der Waals surface area contributed by atoms with Gasteiger partial charge in [0.2, 0.25) is 6.71 Å². The topological polar surface area (TPSA) is 28.7 Å². The molecule has 2 aromatic carbocycles. The van der Waals surface area contributed by atoms with Gasteiger partial charge in [0.05, 0.1) is 6.33 Å². The minimum Gasteiger partial charge on any atom is -0.351 e. The predicted octanol–water partition coefficient (Wildman–Crippen LogP) is 4.87. The molecule has 3 rings (SSSR count). The molecule has 27 heavy (non-hydrogen) atoms. The maximum atomic E-state index is 12.2. The summed E-state index contributed by atoms with van der Waals surface area (Å²) in [5, 5.41) is 0.646. The van der Waals surface area contributed by atoms with Crippen LogP contribution in [0.5, 0.6) is 0 Å². The van der Waals surface area contributed by atoms with Crippen LogP contribution in [-0.2, 0) is 0 Å². The van der Waals surface area contributed by atoms with Crippen LogP contribution in [0, 0.1) is 0 Å². The van der Waals surface area contributed by atoms with Crippen molar-refractivity contribution in [3.05, 3.63) is 90.5 Å². The van der Waals surface area contributed by atoms with E-state index in [9.17, 15) is 13.2 Å². The molecular weight excluding hydrogens is 371 g/mol. The standard InChI is InChI=1S/C17H15BClF3.C3H4N2/c19-16-10-8-15(9-11-16)18(14-6-2-1-3-7-14)13-5-4-12-17(20,21)22;1-2-5-3-4-1/h1-4,6-12H,5,13H2;1-3H,(H,4,5). The number of nitrogens with one attached hydrogen (secondary N) is 1. The van der Waals surface area contributed by atoms with Crippen molar-refractivity contribution in [2.45, 2.75) is 18.9 Å². The summed E-state index contributed by atoms with van der Waals surface area (Å²) in [4.78, 5) is 6.42. The van der Waals surface area contributed by atoms with Crippen LogP contribution in [0.25, 0.3) is 0 Å². The lowest BCUT2D eigenvalue weighted by Crippen LogP contribution is -2.41. The summed E-state index contributed by atoms with van der Waals surface area (Å²) in [5.41, 5.74) is 2.14. The molecule has 0 saturated carbocycles. The molecule has 0 aliphatic heterocycles. The lowest BCUT2D eigenvalue weighted by molar-refractivity contribution is -0.0800. The summed E-state index contributed by atoms with van der Waals surface area (Å²) < 4.78 is 36.5. The largest absolute Gasteiger partial charge is 0.409 e. The van der Waals surface area contributed by atoms with Crippen molar-refractivity contribution >= 4 is 29.2 Å². The van der Waals surface area contributed by atoms with E-state index in [-0.39, 0.29) is 6.71 Å². The van der Waals surface area contributed by atoms with Crippen molar-refractivity contribution in [3.8, 4) is 0 Å². The van der Waals surface area contributed by atoms with E-state index in [1.54, 1.807) is 30.9 Å². The van der Waals surface area contributed by atoms with Gasteiger partial charge in [-0.3, -0.25) is 0 Å². The molecule has 140 valence electrons. The van der Waals surface area contributed by atoms with Crippen molar-refractivity contribution in [2.75, 3.05) is 0 Å². The van der Waals surface area contributed by atoms with Gasteiger partial charge >= 0.3 is 6.18 Å². The highest BCUT2D eigenvalue weighted by atomic mass is 35.5. The van der Waals surface area contributed by atoms with Crippen molar-refractivity contribution in [3.63, 3.8) is 0 Å². The maximum Gasteiger partial charge on any atom is 0.409 e. The minimum atomic E-state index is -4.25. The summed E-state index contributed by atoms with van der Waals surface area (Å²) in [6.07, 6.45) is 3.30. The number of hydrogen-bond acceptors (Lipinski definition) is 1. The molecule has 1 aromatic heterocycles. The Bertz CT molecular complexity index is 771. The molecule has 1 heterocycles. The summed E-state index contributed by atoms with van der Waals surface area (Å²) in [5.74, 6) is 0. The number of allylic oxidation sites excluding steroid dienone is 2. The Balaban J connectivity index is 0.000000451. The first-order valence-corrected chi connectivity index (χ1v) is 8.81. The third kappa shape index (κ3) is 8.18. The highest BCUT2D eigenvalue weighted by molar-refractivity contribution is 6.85. The lowest BCUT2D eigenvalue weighted by atomic mass is 9.38. The van der Waals surface area contributed by atoms with Gasteiger partial charge in [-0.2, -0.15) is 13.2 Å². The maximum absolute atomic E-state index is 12.2. The summed E-state index contributed by atoms with van der Waals surface area (Å²) >= 11 is 5.90. The van der Waals surface area contributed by atoms with E-state index in [0.29, 0.717) is 23.8 Å². The highest BCUT2D eigenvalue weighted by Gasteiger charge is 2.22. The zero-order chi connectivity index (χ0) is 19.5. The number of alkyl halides is 3. The molecule has 7 heteroatoms. The quantitative estimate of drug-likeness (QED) is 0.489. The molecule has 0 spiro atoms. The van der Waals surface area contributed by atoms with E-state index in [4.69, 9.17) is 11.6 Å². The Morgan fingerprint density at radius 3 is 2.19 bits per heavy atom. The van der Waals surface area contributed by atoms with E-state index < -0.39 is 6.18 Å². The molecule has 0 aliphatic rings. The second-order valence-corrected chi connectivity index (χ2v) is 6.23.